The maximum absolute atomic E-state index is 12.9. The molecule has 0 radical (unpaired) electrons. The molecule has 1 aromatic rings. The van der Waals surface area contributed by atoms with Crippen LogP contribution in [0.15, 0.2) is 22.7 Å². The quantitative estimate of drug-likeness (QED) is 0.764. The lowest BCUT2D eigenvalue weighted by Crippen LogP contribution is -2.20. The highest BCUT2D eigenvalue weighted by molar-refractivity contribution is 9.10. The number of rotatable bonds is 2. The number of halogens is 4. The molecule has 1 aromatic carbocycles. The summed E-state index contributed by atoms with van der Waals surface area (Å²) in [5.74, 6) is 0.585. The van der Waals surface area contributed by atoms with Crippen LogP contribution >= 0.6 is 15.9 Å². The molecule has 1 nitrogen and oxygen atoms in total. The minimum absolute atomic E-state index is 0.0120. The molecule has 1 N–H and O–H groups in total. The number of hydrogen-bond acceptors (Lipinski definition) is 1. The van der Waals surface area contributed by atoms with E-state index in [1.807, 2.05) is 0 Å². The molecular formula is C15H18BrF3O. The molecule has 2 rings (SSSR count). The molecule has 1 aliphatic rings. The van der Waals surface area contributed by atoms with Gasteiger partial charge in [0, 0.05) is 4.47 Å². The average Bonchev–Trinajstić information content (AvgIpc) is 2.37. The van der Waals surface area contributed by atoms with Crippen LogP contribution in [-0.4, -0.2) is 5.11 Å². The summed E-state index contributed by atoms with van der Waals surface area (Å²) in [5.41, 5.74) is -0.363. The predicted octanol–water partition coefficient (Wildman–Crippen LogP) is 5.33. The van der Waals surface area contributed by atoms with E-state index < -0.39 is 17.8 Å². The molecule has 0 bridgehead atoms. The Morgan fingerprint density at radius 1 is 1.30 bits per heavy atom. The second-order valence-electron chi connectivity index (χ2n) is 5.71. The van der Waals surface area contributed by atoms with Crippen LogP contribution in [0.25, 0.3) is 0 Å². The molecule has 0 aromatic heterocycles. The highest BCUT2D eigenvalue weighted by atomic mass is 79.9. The van der Waals surface area contributed by atoms with Crippen LogP contribution in [0, 0.1) is 11.8 Å². The summed E-state index contributed by atoms with van der Waals surface area (Å²) in [5, 5.41) is 10.4. The van der Waals surface area contributed by atoms with E-state index in [4.69, 9.17) is 0 Å². The molecular weight excluding hydrogens is 333 g/mol. The molecule has 0 aliphatic heterocycles. The first-order valence-corrected chi connectivity index (χ1v) is 7.63. The van der Waals surface area contributed by atoms with E-state index >= 15 is 0 Å². The summed E-state index contributed by atoms with van der Waals surface area (Å²) >= 11 is 2.92. The van der Waals surface area contributed by atoms with Crippen LogP contribution in [0.5, 0.6) is 0 Å². The van der Waals surface area contributed by atoms with Crippen molar-refractivity contribution >= 4 is 15.9 Å². The first-order chi connectivity index (χ1) is 9.29. The lowest BCUT2D eigenvalue weighted by atomic mass is 9.78. The minimum Gasteiger partial charge on any atom is -0.388 e. The zero-order valence-corrected chi connectivity index (χ0v) is 12.8. The first kappa shape index (κ1) is 15.8. The van der Waals surface area contributed by atoms with Crippen molar-refractivity contribution in [3.05, 3.63) is 33.8 Å². The Balaban J connectivity index is 2.24. The monoisotopic (exact) mass is 350 g/mol. The fourth-order valence-corrected chi connectivity index (χ4v) is 3.46. The number of aliphatic hydroxyl groups excluding tert-OH is 1. The van der Waals surface area contributed by atoms with Crippen molar-refractivity contribution in [3.8, 4) is 0 Å². The molecule has 0 spiro atoms. The van der Waals surface area contributed by atoms with Gasteiger partial charge in [0.1, 0.15) is 0 Å². The van der Waals surface area contributed by atoms with E-state index in [-0.39, 0.29) is 10.4 Å². The molecule has 3 unspecified atom stereocenters. The lowest BCUT2D eigenvalue weighted by molar-refractivity contribution is -0.138. The SMILES string of the molecule is CC1CCCC(C(O)c2ccc(Br)c(C(F)(F)F)c2)C1. The second kappa shape index (κ2) is 6.06. The predicted molar refractivity (Wildman–Crippen MR) is 75.2 cm³/mol. The van der Waals surface area contributed by atoms with Crippen molar-refractivity contribution < 1.29 is 18.3 Å². The van der Waals surface area contributed by atoms with Gasteiger partial charge in [-0.3, -0.25) is 0 Å². The van der Waals surface area contributed by atoms with Crippen LogP contribution in [0.3, 0.4) is 0 Å². The number of benzene rings is 1. The Morgan fingerprint density at radius 2 is 2.00 bits per heavy atom. The highest BCUT2D eigenvalue weighted by Crippen LogP contribution is 2.40. The molecule has 0 amide bonds. The van der Waals surface area contributed by atoms with Gasteiger partial charge in [0.25, 0.3) is 0 Å². The standard InChI is InChI=1S/C15H18BrF3O/c1-9-3-2-4-10(7-9)14(20)11-5-6-13(16)12(8-11)15(17,18)19/h5-6,8-10,14,20H,2-4,7H2,1H3. The second-order valence-corrected chi connectivity index (χ2v) is 6.57. The van der Waals surface area contributed by atoms with Crippen molar-refractivity contribution in [2.24, 2.45) is 11.8 Å². The summed E-state index contributed by atoms with van der Waals surface area (Å²) in [6.07, 6.45) is -1.30. The van der Waals surface area contributed by atoms with Gasteiger partial charge in [-0.15, -0.1) is 0 Å². The van der Waals surface area contributed by atoms with Crippen LogP contribution in [-0.2, 0) is 6.18 Å². The number of aliphatic hydroxyl groups is 1. The van der Waals surface area contributed by atoms with Crippen molar-refractivity contribution in [2.75, 3.05) is 0 Å². The van der Waals surface area contributed by atoms with E-state index in [0.717, 1.165) is 31.7 Å². The van der Waals surface area contributed by atoms with E-state index in [0.29, 0.717) is 11.5 Å². The van der Waals surface area contributed by atoms with E-state index in [2.05, 4.69) is 22.9 Å². The Labute approximate surface area is 125 Å². The van der Waals surface area contributed by atoms with Gasteiger partial charge in [-0.25, -0.2) is 0 Å². The molecule has 1 aliphatic carbocycles. The average molecular weight is 351 g/mol. The van der Waals surface area contributed by atoms with Crippen LogP contribution < -0.4 is 0 Å². The summed E-state index contributed by atoms with van der Waals surface area (Å²) < 4.78 is 38.7. The smallest absolute Gasteiger partial charge is 0.388 e. The summed E-state index contributed by atoms with van der Waals surface area (Å²) in [6.45, 7) is 2.13. The van der Waals surface area contributed by atoms with Gasteiger partial charge >= 0.3 is 6.18 Å². The van der Waals surface area contributed by atoms with E-state index in [1.165, 1.54) is 6.07 Å². The highest BCUT2D eigenvalue weighted by Gasteiger charge is 2.34. The molecule has 0 saturated heterocycles. The molecule has 20 heavy (non-hydrogen) atoms. The van der Waals surface area contributed by atoms with Gasteiger partial charge in [-0.1, -0.05) is 41.8 Å². The summed E-state index contributed by atoms with van der Waals surface area (Å²) in [4.78, 5) is 0. The zero-order chi connectivity index (χ0) is 14.9. The normalized spacial score (nSPS) is 25.5. The van der Waals surface area contributed by atoms with Crippen molar-refractivity contribution in [2.45, 2.75) is 44.9 Å². The fraction of sp³-hybridized carbons (Fsp3) is 0.600. The van der Waals surface area contributed by atoms with Crippen molar-refractivity contribution in [1.82, 2.24) is 0 Å². The van der Waals surface area contributed by atoms with Crippen molar-refractivity contribution in [3.63, 3.8) is 0 Å². The topological polar surface area (TPSA) is 20.2 Å². The largest absolute Gasteiger partial charge is 0.417 e. The van der Waals surface area contributed by atoms with Gasteiger partial charge in [0.2, 0.25) is 0 Å². The van der Waals surface area contributed by atoms with Crippen LogP contribution in [0.2, 0.25) is 0 Å². The number of alkyl halides is 3. The van der Waals surface area contributed by atoms with E-state index in [9.17, 15) is 18.3 Å². The number of hydrogen-bond donors (Lipinski definition) is 1. The molecule has 112 valence electrons. The maximum Gasteiger partial charge on any atom is 0.417 e. The third-order valence-corrected chi connectivity index (χ3v) is 4.75. The summed E-state index contributed by atoms with van der Waals surface area (Å²) in [7, 11) is 0. The van der Waals surface area contributed by atoms with Crippen molar-refractivity contribution in [1.29, 1.82) is 0 Å². The van der Waals surface area contributed by atoms with Gasteiger partial charge in [0.15, 0.2) is 0 Å². The summed E-state index contributed by atoms with van der Waals surface area (Å²) in [6, 6.07) is 4.00. The Morgan fingerprint density at radius 3 is 2.60 bits per heavy atom. The zero-order valence-electron chi connectivity index (χ0n) is 11.3. The van der Waals surface area contributed by atoms with Gasteiger partial charge in [-0.2, -0.15) is 13.2 Å². The van der Waals surface area contributed by atoms with Crippen LogP contribution in [0.4, 0.5) is 13.2 Å². The maximum atomic E-state index is 12.9. The lowest BCUT2D eigenvalue weighted by Gasteiger charge is -2.31. The van der Waals surface area contributed by atoms with Crippen LogP contribution in [0.1, 0.15) is 49.8 Å². The Hall–Kier alpha value is -0.550. The minimum atomic E-state index is -4.41. The molecule has 5 heteroatoms. The third-order valence-electron chi connectivity index (χ3n) is 4.06. The van der Waals surface area contributed by atoms with Gasteiger partial charge < -0.3 is 5.11 Å². The first-order valence-electron chi connectivity index (χ1n) is 6.83. The molecule has 0 heterocycles. The molecule has 1 fully saturated rings. The fourth-order valence-electron chi connectivity index (χ4n) is 2.98. The molecule has 1 saturated carbocycles. The Kier molecular flexibility index (Phi) is 4.80. The third kappa shape index (κ3) is 3.55. The van der Waals surface area contributed by atoms with Gasteiger partial charge in [-0.05, 0) is 42.4 Å². The Bertz CT molecular complexity index is 473. The molecule has 3 atom stereocenters. The van der Waals surface area contributed by atoms with Gasteiger partial charge in [0.05, 0.1) is 11.7 Å². The van der Waals surface area contributed by atoms with E-state index in [1.54, 1.807) is 6.07 Å².